The fourth-order valence-corrected chi connectivity index (χ4v) is 3.14. The molecule has 7 nitrogen and oxygen atoms in total. The van der Waals surface area contributed by atoms with Gasteiger partial charge in [0.2, 0.25) is 5.88 Å². The van der Waals surface area contributed by atoms with Crippen LogP contribution in [0.25, 0.3) is 0 Å². The van der Waals surface area contributed by atoms with Crippen molar-refractivity contribution in [2.24, 2.45) is 15.4 Å². The second kappa shape index (κ2) is 8.08. The lowest BCUT2D eigenvalue weighted by Crippen LogP contribution is -2.35. The molecule has 9 heteroatoms. The number of halogens is 2. The molecule has 4 rings (SSSR count). The van der Waals surface area contributed by atoms with Gasteiger partial charge in [-0.3, -0.25) is 0 Å². The minimum absolute atomic E-state index is 0.0710. The van der Waals surface area contributed by atoms with Crippen LogP contribution in [0.5, 0.6) is 5.88 Å². The van der Waals surface area contributed by atoms with E-state index in [1.165, 1.54) is 12.1 Å². The van der Waals surface area contributed by atoms with Gasteiger partial charge in [-0.25, -0.2) is 9.37 Å². The molecule has 2 aliphatic heterocycles. The Morgan fingerprint density at radius 2 is 2.22 bits per heavy atom. The summed E-state index contributed by atoms with van der Waals surface area (Å²) >= 11 is 5.81. The Bertz CT molecular complexity index is 892. The van der Waals surface area contributed by atoms with Crippen molar-refractivity contribution in [3.63, 3.8) is 0 Å². The number of aromatic nitrogens is 1. The molecule has 2 aliphatic rings. The zero-order valence-corrected chi connectivity index (χ0v) is 15.1. The van der Waals surface area contributed by atoms with Crippen molar-refractivity contribution in [1.29, 1.82) is 0 Å². The number of hydrogen-bond donors (Lipinski definition) is 1. The molecule has 1 fully saturated rings. The van der Waals surface area contributed by atoms with E-state index in [-0.39, 0.29) is 5.02 Å². The highest BCUT2D eigenvalue weighted by Crippen LogP contribution is 2.29. The van der Waals surface area contributed by atoms with Crippen LogP contribution in [0.1, 0.15) is 17.2 Å². The summed E-state index contributed by atoms with van der Waals surface area (Å²) in [7, 11) is 0. The monoisotopic (exact) mass is 389 g/mol. The Labute approximate surface area is 160 Å². The Kier molecular flexibility index (Phi) is 5.38. The normalized spacial score (nSPS) is 22.4. The highest BCUT2D eigenvalue weighted by Gasteiger charge is 2.30. The predicted molar refractivity (Wildman–Crippen MR) is 97.9 cm³/mol. The minimum Gasteiger partial charge on any atom is -0.469 e. The summed E-state index contributed by atoms with van der Waals surface area (Å²) in [6, 6.07) is 8.31. The van der Waals surface area contributed by atoms with E-state index in [1.807, 2.05) is 6.07 Å². The van der Waals surface area contributed by atoms with E-state index >= 15 is 0 Å². The quantitative estimate of drug-likeness (QED) is 0.871. The molecule has 1 N–H and O–H groups in total. The van der Waals surface area contributed by atoms with Crippen molar-refractivity contribution in [2.75, 3.05) is 26.2 Å². The van der Waals surface area contributed by atoms with Crippen LogP contribution in [0, 0.1) is 5.82 Å². The van der Waals surface area contributed by atoms with Gasteiger partial charge in [-0.1, -0.05) is 17.7 Å². The predicted octanol–water partition coefficient (Wildman–Crippen LogP) is 3.15. The highest BCUT2D eigenvalue weighted by atomic mass is 35.5. The van der Waals surface area contributed by atoms with Crippen LogP contribution in [0.2, 0.25) is 5.02 Å². The molecular weight excluding hydrogens is 373 g/mol. The molecule has 0 saturated carbocycles. The fraction of sp³-hybridized carbons (Fsp3) is 0.333. The lowest BCUT2D eigenvalue weighted by Gasteiger charge is -2.26. The molecule has 1 saturated heterocycles. The van der Waals surface area contributed by atoms with Crippen LogP contribution in [0.4, 0.5) is 4.39 Å². The van der Waals surface area contributed by atoms with Gasteiger partial charge in [0.25, 0.3) is 0 Å². The zero-order valence-electron chi connectivity index (χ0n) is 14.3. The van der Waals surface area contributed by atoms with Crippen molar-refractivity contribution < 1.29 is 13.9 Å². The van der Waals surface area contributed by atoms with E-state index < -0.39 is 18.0 Å². The van der Waals surface area contributed by atoms with E-state index in [4.69, 9.17) is 21.1 Å². The van der Waals surface area contributed by atoms with Gasteiger partial charge in [0.1, 0.15) is 30.3 Å². The van der Waals surface area contributed by atoms with Gasteiger partial charge in [-0.15, -0.1) is 5.10 Å². The maximum absolute atomic E-state index is 14.0. The van der Waals surface area contributed by atoms with Crippen LogP contribution in [-0.2, 0) is 4.74 Å². The minimum atomic E-state index is -0.490. The van der Waals surface area contributed by atoms with Gasteiger partial charge in [0.15, 0.2) is 0 Å². The maximum Gasteiger partial charge on any atom is 0.223 e. The first-order valence-corrected chi connectivity index (χ1v) is 8.93. The van der Waals surface area contributed by atoms with Crippen molar-refractivity contribution in [2.45, 2.75) is 12.2 Å². The molecule has 27 heavy (non-hydrogen) atoms. The summed E-state index contributed by atoms with van der Waals surface area (Å²) < 4.78 is 26.1. The van der Waals surface area contributed by atoms with Crippen LogP contribution in [-0.4, -0.2) is 43.0 Å². The highest BCUT2D eigenvalue weighted by molar-refractivity contribution is 6.30. The van der Waals surface area contributed by atoms with Gasteiger partial charge < -0.3 is 14.8 Å². The summed E-state index contributed by atoms with van der Waals surface area (Å²) in [5.74, 6) is -0.0731. The van der Waals surface area contributed by atoms with Crippen molar-refractivity contribution >= 4 is 17.3 Å². The van der Waals surface area contributed by atoms with Crippen LogP contribution >= 0.6 is 11.6 Å². The molecule has 1 unspecified atom stereocenters. The summed E-state index contributed by atoms with van der Waals surface area (Å²) in [6.07, 6.45) is 0.754. The van der Waals surface area contributed by atoms with Crippen molar-refractivity contribution in [3.8, 4) is 5.88 Å². The molecule has 2 atom stereocenters. The molecule has 1 aromatic carbocycles. The number of nitrogens with zero attached hydrogens (tertiary/aromatic N) is 4. The first-order valence-electron chi connectivity index (χ1n) is 8.55. The Morgan fingerprint density at radius 1 is 1.30 bits per heavy atom. The SMILES string of the molecule is Fc1cc(C2OCCNC[C@@H]2Oc2ncccc2C2=NN=NC2)ccc1Cl. The van der Waals surface area contributed by atoms with E-state index in [9.17, 15) is 4.39 Å². The first kappa shape index (κ1) is 18.0. The lowest BCUT2D eigenvalue weighted by molar-refractivity contribution is -0.0102. The second-order valence-electron chi connectivity index (χ2n) is 6.12. The number of ether oxygens (including phenoxy) is 2. The molecule has 2 aromatic rings. The summed E-state index contributed by atoms with van der Waals surface area (Å²) in [5, 5.41) is 14.9. The van der Waals surface area contributed by atoms with Crippen molar-refractivity contribution in [3.05, 3.63) is 58.5 Å². The Morgan fingerprint density at radius 3 is 3.04 bits per heavy atom. The molecular formula is C18H17ClFN5O2. The molecule has 0 radical (unpaired) electrons. The average molecular weight is 390 g/mol. The van der Waals surface area contributed by atoms with Gasteiger partial charge in [-0.2, -0.15) is 5.11 Å². The third kappa shape index (κ3) is 3.97. The molecule has 3 heterocycles. The number of pyridine rings is 1. The topological polar surface area (TPSA) is 80.5 Å². The van der Waals surface area contributed by atoms with Crippen molar-refractivity contribution in [1.82, 2.24) is 10.3 Å². The number of benzene rings is 1. The molecule has 0 bridgehead atoms. The summed E-state index contributed by atoms with van der Waals surface area (Å²) in [4.78, 5) is 4.34. The number of rotatable bonds is 4. The number of hydrogen-bond acceptors (Lipinski definition) is 7. The summed E-state index contributed by atoms with van der Waals surface area (Å²) in [5.41, 5.74) is 2.08. The first-order chi connectivity index (χ1) is 13.2. The van der Waals surface area contributed by atoms with Crippen LogP contribution in [0.15, 0.2) is 52.0 Å². The molecule has 140 valence electrons. The third-order valence-electron chi connectivity index (χ3n) is 4.33. The number of nitrogens with one attached hydrogen (secondary N) is 1. The van der Waals surface area contributed by atoms with Crippen LogP contribution < -0.4 is 10.1 Å². The standard InChI is InChI=1S/C18H17ClFN5O2/c19-13-4-3-11(8-14(13)20)17-16(10-21-6-7-26-17)27-18-12(2-1-5-22-18)15-9-23-25-24-15/h1-5,8,16-17,21H,6-7,9-10H2/t16-,17?/m0/s1. The van der Waals surface area contributed by atoms with Gasteiger partial charge in [0.05, 0.1) is 17.2 Å². The van der Waals surface area contributed by atoms with E-state index in [0.29, 0.717) is 43.4 Å². The molecule has 1 aromatic heterocycles. The lowest BCUT2D eigenvalue weighted by atomic mass is 10.0. The van der Waals surface area contributed by atoms with E-state index in [0.717, 1.165) is 5.56 Å². The largest absolute Gasteiger partial charge is 0.469 e. The van der Waals surface area contributed by atoms with Gasteiger partial charge in [-0.05, 0) is 35.1 Å². The zero-order chi connectivity index (χ0) is 18.6. The third-order valence-corrected chi connectivity index (χ3v) is 4.63. The smallest absolute Gasteiger partial charge is 0.223 e. The second-order valence-corrected chi connectivity index (χ2v) is 6.52. The average Bonchev–Trinajstić information content (AvgIpc) is 3.12. The van der Waals surface area contributed by atoms with Gasteiger partial charge in [0, 0.05) is 19.3 Å². The fourth-order valence-electron chi connectivity index (χ4n) is 3.02. The van der Waals surface area contributed by atoms with Crippen LogP contribution in [0.3, 0.4) is 0 Å². The Balaban J connectivity index is 1.63. The van der Waals surface area contributed by atoms with E-state index in [2.05, 4.69) is 25.7 Å². The molecule has 0 aliphatic carbocycles. The maximum atomic E-state index is 14.0. The Hall–Kier alpha value is -2.42. The van der Waals surface area contributed by atoms with Gasteiger partial charge >= 0.3 is 0 Å². The van der Waals surface area contributed by atoms with E-state index in [1.54, 1.807) is 18.3 Å². The summed E-state index contributed by atoms with van der Waals surface area (Å²) in [6.45, 7) is 2.06. The molecule has 0 amide bonds. The molecule has 0 spiro atoms.